The van der Waals surface area contributed by atoms with Gasteiger partial charge in [0, 0.05) is 12.6 Å². The number of hydrogen-bond donors (Lipinski definition) is 1. The molecular weight excluding hydrogens is 206 g/mol. The molecule has 1 N–H and O–H groups in total. The van der Waals surface area contributed by atoms with E-state index in [1.807, 2.05) is 0 Å². The summed E-state index contributed by atoms with van der Waals surface area (Å²) in [6.07, 6.45) is 8.27. The Morgan fingerprint density at radius 2 is 1.71 bits per heavy atom. The normalized spacial score (nSPS) is 17.6. The first-order valence-electron chi connectivity index (χ1n) is 6.83. The van der Waals surface area contributed by atoms with E-state index in [0.29, 0.717) is 6.04 Å². The second-order valence-electron chi connectivity index (χ2n) is 5.04. The zero-order chi connectivity index (χ0) is 11.9. The van der Waals surface area contributed by atoms with Crippen molar-refractivity contribution in [3.05, 3.63) is 42.5 Å². The molecule has 0 aromatic heterocycles. The lowest BCUT2D eigenvalue weighted by atomic mass is 10.1. The van der Waals surface area contributed by atoms with Gasteiger partial charge >= 0.3 is 0 Å². The van der Waals surface area contributed by atoms with Crippen LogP contribution in [0.2, 0.25) is 0 Å². The minimum atomic E-state index is 0.706. The van der Waals surface area contributed by atoms with Crippen LogP contribution in [-0.2, 0) is 0 Å². The van der Waals surface area contributed by atoms with E-state index in [1.54, 1.807) is 0 Å². The van der Waals surface area contributed by atoms with Gasteiger partial charge in [-0.25, -0.2) is 0 Å². The molecule has 1 heteroatoms. The van der Waals surface area contributed by atoms with E-state index in [4.69, 9.17) is 0 Å². The molecule has 17 heavy (non-hydrogen) atoms. The number of nitrogens with one attached hydrogen (secondary N) is 1. The van der Waals surface area contributed by atoms with Crippen molar-refractivity contribution in [1.82, 2.24) is 5.32 Å². The summed E-state index contributed by atoms with van der Waals surface area (Å²) in [4.78, 5) is 0. The monoisotopic (exact) mass is 229 g/mol. The fourth-order valence-electron chi connectivity index (χ4n) is 2.53. The molecule has 1 saturated carbocycles. The quantitative estimate of drug-likeness (QED) is 0.769. The minimum Gasteiger partial charge on any atom is -0.310 e. The van der Waals surface area contributed by atoms with Crippen LogP contribution in [0.25, 0.3) is 5.57 Å². The topological polar surface area (TPSA) is 12.0 Å². The average Bonchev–Trinajstić information content (AvgIpc) is 2.65. The van der Waals surface area contributed by atoms with Crippen LogP contribution < -0.4 is 5.32 Å². The van der Waals surface area contributed by atoms with E-state index in [2.05, 4.69) is 42.2 Å². The molecule has 0 saturated heterocycles. The van der Waals surface area contributed by atoms with E-state index < -0.39 is 0 Å². The van der Waals surface area contributed by atoms with Crippen molar-refractivity contribution in [3.8, 4) is 0 Å². The van der Waals surface area contributed by atoms with E-state index in [0.717, 1.165) is 6.54 Å². The van der Waals surface area contributed by atoms with Crippen molar-refractivity contribution in [2.24, 2.45) is 0 Å². The molecule has 0 aliphatic heterocycles. The molecule has 1 fully saturated rings. The van der Waals surface area contributed by atoms with Gasteiger partial charge in [0.05, 0.1) is 0 Å². The maximum Gasteiger partial charge on any atom is 0.0208 e. The van der Waals surface area contributed by atoms with Gasteiger partial charge in [-0.1, -0.05) is 62.6 Å². The van der Waals surface area contributed by atoms with E-state index >= 15 is 0 Å². The largest absolute Gasteiger partial charge is 0.310 e. The van der Waals surface area contributed by atoms with Gasteiger partial charge in [0.15, 0.2) is 0 Å². The molecule has 92 valence electrons. The Hall–Kier alpha value is -1.08. The Morgan fingerprint density at radius 1 is 1.06 bits per heavy atom. The van der Waals surface area contributed by atoms with Crippen molar-refractivity contribution in [2.75, 3.05) is 6.54 Å². The smallest absolute Gasteiger partial charge is 0.0208 e. The predicted molar refractivity (Wildman–Crippen MR) is 75.0 cm³/mol. The molecule has 1 aromatic carbocycles. The van der Waals surface area contributed by atoms with Crippen LogP contribution in [0.15, 0.2) is 36.9 Å². The summed E-state index contributed by atoms with van der Waals surface area (Å²) in [5.41, 5.74) is 2.46. The Labute approximate surface area is 105 Å². The summed E-state index contributed by atoms with van der Waals surface area (Å²) in [6, 6.07) is 11.2. The molecular formula is C16H23N. The summed E-state index contributed by atoms with van der Waals surface area (Å²) >= 11 is 0. The summed E-state index contributed by atoms with van der Waals surface area (Å²) in [5, 5.41) is 3.66. The third kappa shape index (κ3) is 4.01. The third-order valence-electron chi connectivity index (χ3n) is 3.64. The lowest BCUT2D eigenvalue weighted by Gasteiger charge is -2.17. The maximum absolute atomic E-state index is 4.17. The summed E-state index contributed by atoms with van der Waals surface area (Å²) in [7, 11) is 0. The van der Waals surface area contributed by atoms with Crippen molar-refractivity contribution in [1.29, 1.82) is 0 Å². The van der Waals surface area contributed by atoms with E-state index in [-0.39, 0.29) is 0 Å². The second kappa shape index (κ2) is 6.61. The van der Waals surface area contributed by atoms with Gasteiger partial charge in [-0.2, -0.15) is 0 Å². The van der Waals surface area contributed by atoms with Gasteiger partial charge in [0.2, 0.25) is 0 Å². The Morgan fingerprint density at radius 3 is 2.35 bits per heavy atom. The van der Waals surface area contributed by atoms with Crippen LogP contribution in [0.1, 0.15) is 44.1 Å². The highest BCUT2D eigenvalue weighted by Crippen LogP contribution is 2.18. The van der Waals surface area contributed by atoms with Crippen molar-refractivity contribution in [2.45, 2.75) is 44.6 Å². The Bertz CT molecular complexity index is 334. The molecule has 1 nitrogen and oxygen atoms in total. The van der Waals surface area contributed by atoms with E-state index in [9.17, 15) is 0 Å². The molecule has 0 radical (unpaired) electrons. The second-order valence-corrected chi connectivity index (χ2v) is 5.04. The molecule has 0 amide bonds. The molecule has 0 unspecified atom stereocenters. The lowest BCUT2D eigenvalue weighted by Crippen LogP contribution is -2.29. The van der Waals surface area contributed by atoms with Gasteiger partial charge in [0.1, 0.15) is 0 Å². The Kier molecular flexibility index (Phi) is 4.81. The van der Waals surface area contributed by atoms with Crippen LogP contribution >= 0.6 is 0 Å². The fourth-order valence-corrected chi connectivity index (χ4v) is 2.53. The predicted octanol–water partition coefficient (Wildman–Crippen LogP) is 4.01. The summed E-state index contributed by atoms with van der Waals surface area (Å²) in [5.74, 6) is 0. The lowest BCUT2D eigenvalue weighted by molar-refractivity contribution is 0.484. The average molecular weight is 229 g/mol. The summed E-state index contributed by atoms with van der Waals surface area (Å²) < 4.78 is 0. The minimum absolute atomic E-state index is 0.706. The molecule has 1 aliphatic rings. The van der Waals surface area contributed by atoms with Gasteiger partial charge in [0.25, 0.3) is 0 Å². The zero-order valence-corrected chi connectivity index (χ0v) is 10.6. The standard InChI is InChI=1S/C16H23N/c1-14(15-9-5-4-6-10-15)13-17-16-11-7-2-3-8-12-16/h4-6,9-10,16-17H,1-3,7-8,11-13H2. The van der Waals surface area contributed by atoms with Gasteiger partial charge in [-0.05, 0) is 24.0 Å². The number of benzene rings is 1. The van der Waals surface area contributed by atoms with Crippen LogP contribution in [-0.4, -0.2) is 12.6 Å². The highest BCUT2D eigenvalue weighted by Gasteiger charge is 2.11. The van der Waals surface area contributed by atoms with Crippen LogP contribution in [0.3, 0.4) is 0 Å². The maximum atomic E-state index is 4.17. The fraction of sp³-hybridized carbons (Fsp3) is 0.500. The molecule has 1 aromatic rings. The first-order valence-corrected chi connectivity index (χ1v) is 6.83. The summed E-state index contributed by atoms with van der Waals surface area (Å²) in [6.45, 7) is 5.10. The SMILES string of the molecule is C=C(CNC1CCCCCC1)c1ccccc1. The van der Waals surface area contributed by atoms with Gasteiger partial charge in [-0.15, -0.1) is 0 Å². The molecule has 2 rings (SSSR count). The van der Waals surface area contributed by atoms with Crippen molar-refractivity contribution in [3.63, 3.8) is 0 Å². The van der Waals surface area contributed by atoms with Crippen LogP contribution in [0.4, 0.5) is 0 Å². The first-order chi connectivity index (χ1) is 8.36. The van der Waals surface area contributed by atoms with Crippen molar-refractivity contribution < 1.29 is 0 Å². The number of rotatable bonds is 4. The molecule has 1 aliphatic carbocycles. The zero-order valence-electron chi connectivity index (χ0n) is 10.6. The highest BCUT2D eigenvalue weighted by atomic mass is 14.9. The first kappa shape index (κ1) is 12.4. The van der Waals surface area contributed by atoms with E-state index in [1.165, 1.54) is 49.7 Å². The molecule has 0 spiro atoms. The highest BCUT2D eigenvalue weighted by molar-refractivity contribution is 5.64. The third-order valence-corrected chi connectivity index (χ3v) is 3.64. The molecule has 0 atom stereocenters. The van der Waals surface area contributed by atoms with Crippen LogP contribution in [0.5, 0.6) is 0 Å². The van der Waals surface area contributed by atoms with Crippen LogP contribution in [0, 0.1) is 0 Å². The number of hydrogen-bond acceptors (Lipinski definition) is 1. The van der Waals surface area contributed by atoms with Gasteiger partial charge in [-0.3, -0.25) is 0 Å². The molecule has 0 heterocycles. The Balaban J connectivity index is 1.79. The molecule has 0 bridgehead atoms. The van der Waals surface area contributed by atoms with Gasteiger partial charge < -0.3 is 5.32 Å². The van der Waals surface area contributed by atoms with Crippen molar-refractivity contribution >= 4 is 5.57 Å².